The molecule has 5 nitrogen and oxygen atoms in total. The van der Waals surface area contributed by atoms with Crippen LogP contribution in [0.25, 0.3) is 0 Å². The SMILES string of the molecule is CC(C)(C)C(=O)NC(c1ccccn1)C1CCN(Cc2ccc(OC3CCCC3)cc2)CC1. The number of amides is 1. The molecule has 1 aromatic heterocycles. The van der Waals surface area contributed by atoms with E-state index in [4.69, 9.17) is 4.74 Å². The summed E-state index contributed by atoms with van der Waals surface area (Å²) >= 11 is 0. The maximum Gasteiger partial charge on any atom is 0.225 e. The van der Waals surface area contributed by atoms with Gasteiger partial charge in [0.25, 0.3) is 0 Å². The standard InChI is InChI=1S/C28H39N3O2/c1-28(2,3)27(32)30-26(25-10-6-7-17-29-25)22-15-18-31(19-16-22)20-21-11-13-24(14-12-21)33-23-8-4-5-9-23/h6-7,10-14,17,22-23,26H,4-5,8-9,15-16,18-20H2,1-3H3,(H,30,32). The van der Waals surface area contributed by atoms with Gasteiger partial charge >= 0.3 is 0 Å². The third-order valence-corrected chi connectivity index (χ3v) is 7.01. The number of carbonyl (C=O) groups is 1. The van der Waals surface area contributed by atoms with Crippen molar-refractivity contribution in [2.45, 2.75) is 78.0 Å². The number of rotatable bonds is 7. The maximum atomic E-state index is 12.8. The van der Waals surface area contributed by atoms with Crippen LogP contribution in [0, 0.1) is 11.3 Å². The normalized spacial score (nSPS) is 19.4. The Bertz CT molecular complexity index is 878. The molecule has 1 aromatic carbocycles. The topological polar surface area (TPSA) is 54.5 Å². The summed E-state index contributed by atoms with van der Waals surface area (Å²) < 4.78 is 6.10. The van der Waals surface area contributed by atoms with E-state index in [1.807, 2.05) is 45.2 Å². The van der Waals surface area contributed by atoms with Gasteiger partial charge in [0.1, 0.15) is 5.75 Å². The number of hydrogen-bond donors (Lipinski definition) is 1. The highest BCUT2D eigenvalue weighted by atomic mass is 16.5. The van der Waals surface area contributed by atoms with E-state index in [1.165, 1.54) is 31.2 Å². The molecule has 1 saturated carbocycles. The minimum Gasteiger partial charge on any atom is -0.490 e. The zero-order valence-corrected chi connectivity index (χ0v) is 20.4. The summed E-state index contributed by atoms with van der Waals surface area (Å²) in [5.41, 5.74) is 1.88. The van der Waals surface area contributed by atoms with Crippen molar-refractivity contribution in [1.29, 1.82) is 0 Å². The molecule has 4 rings (SSSR count). The van der Waals surface area contributed by atoms with Gasteiger partial charge in [-0.2, -0.15) is 0 Å². The Balaban J connectivity index is 1.32. The van der Waals surface area contributed by atoms with E-state index in [1.54, 1.807) is 0 Å². The average molecular weight is 450 g/mol. The Kier molecular flexibility index (Phi) is 7.69. The van der Waals surface area contributed by atoms with Crippen LogP contribution in [0.5, 0.6) is 5.75 Å². The third kappa shape index (κ3) is 6.57. The molecule has 1 atom stereocenters. The molecular formula is C28H39N3O2. The molecule has 2 heterocycles. The van der Waals surface area contributed by atoms with Crippen LogP contribution in [0.1, 0.15) is 76.6 Å². The lowest BCUT2D eigenvalue weighted by atomic mass is 9.85. The van der Waals surface area contributed by atoms with Crippen molar-refractivity contribution in [3.63, 3.8) is 0 Å². The number of hydrogen-bond acceptors (Lipinski definition) is 4. The van der Waals surface area contributed by atoms with E-state index in [9.17, 15) is 4.79 Å². The lowest BCUT2D eigenvalue weighted by Gasteiger charge is -2.37. The summed E-state index contributed by atoms with van der Waals surface area (Å²) in [5, 5.41) is 3.31. The van der Waals surface area contributed by atoms with Crippen LogP contribution >= 0.6 is 0 Å². The highest BCUT2D eigenvalue weighted by Crippen LogP contribution is 2.32. The minimum atomic E-state index is -0.415. The molecule has 2 fully saturated rings. The number of benzene rings is 1. The first kappa shape index (κ1) is 23.7. The number of pyridine rings is 1. The molecule has 1 saturated heterocycles. The average Bonchev–Trinajstić information content (AvgIpc) is 3.32. The fourth-order valence-electron chi connectivity index (χ4n) is 4.93. The lowest BCUT2D eigenvalue weighted by Crippen LogP contribution is -2.44. The molecule has 2 aromatic rings. The second-order valence-electron chi connectivity index (χ2n) is 10.7. The summed E-state index contributed by atoms with van der Waals surface area (Å²) in [5.74, 6) is 1.47. The molecule has 1 aliphatic heterocycles. The number of aromatic nitrogens is 1. The molecule has 2 aliphatic rings. The zero-order chi connectivity index (χ0) is 23.3. The molecule has 33 heavy (non-hydrogen) atoms. The van der Waals surface area contributed by atoms with Crippen LogP contribution in [0.2, 0.25) is 0 Å². The number of nitrogens with one attached hydrogen (secondary N) is 1. The Morgan fingerprint density at radius 1 is 1.06 bits per heavy atom. The monoisotopic (exact) mass is 449 g/mol. The molecule has 178 valence electrons. The summed E-state index contributed by atoms with van der Waals surface area (Å²) in [6.45, 7) is 8.90. The Morgan fingerprint density at radius 2 is 1.76 bits per heavy atom. The van der Waals surface area contributed by atoms with Gasteiger partial charge in [-0.05, 0) is 87.4 Å². The van der Waals surface area contributed by atoms with Crippen molar-refractivity contribution in [3.8, 4) is 5.75 Å². The molecule has 1 amide bonds. The van der Waals surface area contributed by atoms with Gasteiger partial charge in [-0.1, -0.05) is 39.0 Å². The molecule has 1 unspecified atom stereocenters. The Hall–Kier alpha value is -2.40. The van der Waals surface area contributed by atoms with E-state index < -0.39 is 5.41 Å². The van der Waals surface area contributed by atoms with Crippen molar-refractivity contribution in [1.82, 2.24) is 15.2 Å². The van der Waals surface area contributed by atoms with Gasteiger partial charge in [0.2, 0.25) is 5.91 Å². The number of nitrogens with zero attached hydrogens (tertiary/aromatic N) is 2. The van der Waals surface area contributed by atoms with E-state index >= 15 is 0 Å². The van der Waals surface area contributed by atoms with Gasteiger partial charge in [0.05, 0.1) is 17.8 Å². The second kappa shape index (κ2) is 10.7. The molecule has 5 heteroatoms. The molecule has 0 spiro atoms. The zero-order valence-electron chi connectivity index (χ0n) is 20.4. The van der Waals surface area contributed by atoms with Gasteiger partial charge in [0, 0.05) is 18.2 Å². The quantitative estimate of drug-likeness (QED) is 0.605. The van der Waals surface area contributed by atoms with Crippen molar-refractivity contribution in [3.05, 3.63) is 59.9 Å². The number of carbonyl (C=O) groups excluding carboxylic acids is 1. The molecule has 0 radical (unpaired) electrons. The summed E-state index contributed by atoms with van der Waals surface area (Å²) in [4.78, 5) is 19.9. The van der Waals surface area contributed by atoms with Gasteiger partial charge in [-0.3, -0.25) is 14.7 Å². The van der Waals surface area contributed by atoms with Gasteiger partial charge in [-0.25, -0.2) is 0 Å². The molecule has 1 N–H and O–H groups in total. The fourth-order valence-corrected chi connectivity index (χ4v) is 4.93. The van der Waals surface area contributed by atoms with Crippen LogP contribution in [-0.2, 0) is 11.3 Å². The van der Waals surface area contributed by atoms with E-state index in [0.29, 0.717) is 12.0 Å². The molecule has 0 bridgehead atoms. The highest BCUT2D eigenvalue weighted by molar-refractivity contribution is 5.81. The van der Waals surface area contributed by atoms with E-state index in [2.05, 4.69) is 39.5 Å². The first-order valence-corrected chi connectivity index (χ1v) is 12.6. The summed E-state index contributed by atoms with van der Waals surface area (Å²) in [7, 11) is 0. The van der Waals surface area contributed by atoms with Crippen LogP contribution < -0.4 is 10.1 Å². The Morgan fingerprint density at radius 3 is 2.36 bits per heavy atom. The smallest absolute Gasteiger partial charge is 0.225 e. The summed E-state index contributed by atoms with van der Waals surface area (Å²) in [6.07, 6.45) is 9.28. The van der Waals surface area contributed by atoms with Crippen molar-refractivity contribution < 1.29 is 9.53 Å². The number of ether oxygens (including phenoxy) is 1. The first-order valence-electron chi connectivity index (χ1n) is 12.6. The number of likely N-dealkylation sites (tertiary alicyclic amines) is 1. The largest absolute Gasteiger partial charge is 0.490 e. The number of piperidine rings is 1. The van der Waals surface area contributed by atoms with Crippen molar-refractivity contribution in [2.24, 2.45) is 11.3 Å². The van der Waals surface area contributed by atoms with Crippen LogP contribution in [0.15, 0.2) is 48.7 Å². The van der Waals surface area contributed by atoms with Crippen molar-refractivity contribution in [2.75, 3.05) is 13.1 Å². The predicted octanol–water partition coefficient (Wildman–Crippen LogP) is 5.52. The van der Waals surface area contributed by atoms with Crippen LogP contribution in [-0.4, -0.2) is 35.0 Å². The predicted molar refractivity (Wildman–Crippen MR) is 132 cm³/mol. The third-order valence-electron chi connectivity index (χ3n) is 7.01. The fraction of sp³-hybridized carbons (Fsp3) is 0.571. The maximum absolute atomic E-state index is 12.8. The van der Waals surface area contributed by atoms with Gasteiger partial charge < -0.3 is 10.1 Å². The van der Waals surface area contributed by atoms with Crippen LogP contribution in [0.4, 0.5) is 0 Å². The van der Waals surface area contributed by atoms with Crippen LogP contribution in [0.3, 0.4) is 0 Å². The van der Waals surface area contributed by atoms with E-state index in [-0.39, 0.29) is 11.9 Å². The lowest BCUT2D eigenvalue weighted by molar-refractivity contribution is -0.129. The minimum absolute atomic E-state index is 0.0351. The van der Waals surface area contributed by atoms with Gasteiger partial charge in [-0.15, -0.1) is 0 Å². The molecular weight excluding hydrogens is 410 g/mol. The van der Waals surface area contributed by atoms with E-state index in [0.717, 1.165) is 43.9 Å². The first-order chi connectivity index (χ1) is 15.9. The highest BCUT2D eigenvalue weighted by Gasteiger charge is 2.32. The Labute approximate surface area is 198 Å². The van der Waals surface area contributed by atoms with Crippen molar-refractivity contribution >= 4 is 5.91 Å². The van der Waals surface area contributed by atoms with Gasteiger partial charge in [0.15, 0.2) is 0 Å². The molecule has 1 aliphatic carbocycles. The summed E-state index contributed by atoms with van der Waals surface area (Å²) in [6, 6.07) is 14.6. The second-order valence-corrected chi connectivity index (χ2v) is 10.7.